The molecule has 2 aliphatic rings. The van der Waals surface area contributed by atoms with Crippen molar-refractivity contribution >= 4 is 0 Å². The van der Waals surface area contributed by atoms with Crippen LogP contribution in [0.15, 0.2) is 45.8 Å². The van der Waals surface area contributed by atoms with Gasteiger partial charge >= 0.3 is 0 Å². The molecular weight excluding hydrogens is 148 g/mol. The molecule has 0 spiro atoms. The summed E-state index contributed by atoms with van der Waals surface area (Å²) in [5.41, 5.74) is 2.41. The monoisotopic (exact) mass is 160 g/mol. The quantitative estimate of drug-likeness (QED) is 0.520. The van der Waals surface area contributed by atoms with Crippen molar-refractivity contribution < 1.29 is 0 Å². The molecule has 12 heavy (non-hydrogen) atoms. The molecule has 0 aromatic rings. The zero-order valence-electron chi connectivity index (χ0n) is 7.41. The Hall–Kier alpha value is -1.18. The third kappa shape index (κ3) is 1.24. The Balaban J connectivity index is 2.39. The Morgan fingerprint density at radius 1 is 1.25 bits per heavy atom. The minimum absolute atomic E-state index is 0.153. The SMILES string of the molecule is CC1(C)C=CC2=C(C=C1)N=NC2. The number of rotatable bonds is 0. The van der Waals surface area contributed by atoms with E-state index in [9.17, 15) is 0 Å². The van der Waals surface area contributed by atoms with E-state index in [0.717, 1.165) is 12.2 Å². The fourth-order valence-electron chi connectivity index (χ4n) is 1.28. The fourth-order valence-corrected chi connectivity index (χ4v) is 1.28. The normalized spacial score (nSPS) is 24.5. The van der Waals surface area contributed by atoms with Crippen molar-refractivity contribution in [1.29, 1.82) is 0 Å². The van der Waals surface area contributed by atoms with E-state index in [0.29, 0.717) is 0 Å². The van der Waals surface area contributed by atoms with Gasteiger partial charge in [0, 0.05) is 11.0 Å². The molecule has 62 valence electrons. The third-order valence-electron chi connectivity index (χ3n) is 2.13. The van der Waals surface area contributed by atoms with Gasteiger partial charge in [-0.05, 0) is 6.08 Å². The Labute approximate surface area is 72.4 Å². The molecule has 0 saturated heterocycles. The maximum Gasteiger partial charge on any atom is 0.0901 e. The van der Waals surface area contributed by atoms with E-state index in [4.69, 9.17) is 0 Å². The van der Waals surface area contributed by atoms with Crippen LogP contribution in [0, 0.1) is 5.41 Å². The van der Waals surface area contributed by atoms with Gasteiger partial charge in [0.25, 0.3) is 0 Å². The van der Waals surface area contributed by atoms with E-state index in [1.54, 1.807) is 0 Å². The highest BCUT2D eigenvalue weighted by molar-refractivity contribution is 5.39. The van der Waals surface area contributed by atoms with Gasteiger partial charge in [-0.1, -0.05) is 32.1 Å². The summed E-state index contributed by atoms with van der Waals surface area (Å²) in [6.07, 6.45) is 8.56. The summed E-state index contributed by atoms with van der Waals surface area (Å²) >= 11 is 0. The molecule has 0 aromatic carbocycles. The van der Waals surface area contributed by atoms with Crippen LogP contribution >= 0.6 is 0 Å². The fraction of sp³-hybridized carbons (Fsp3) is 0.400. The number of hydrogen-bond donors (Lipinski definition) is 0. The highest BCUT2D eigenvalue weighted by Crippen LogP contribution is 2.28. The van der Waals surface area contributed by atoms with Gasteiger partial charge in [-0.3, -0.25) is 0 Å². The molecule has 2 heteroatoms. The molecule has 0 fully saturated rings. The van der Waals surface area contributed by atoms with Gasteiger partial charge in [-0.2, -0.15) is 10.2 Å². The summed E-state index contributed by atoms with van der Waals surface area (Å²) < 4.78 is 0. The minimum atomic E-state index is 0.153. The Morgan fingerprint density at radius 3 is 2.83 bits per heavy atom. The second kappa shape index (κ2) is 2.41. The van der Waals surface area contributed by atoms with Crippen molar-refractivity contribution in [1.82, 2.24) is 0 Å². The lowest BCUT2D eigenvalue weighted by Gasteiger charge is -2.12. The van der Waals surface area contributed by atoms with Gasteiger partial charge in [-0.25, -0.2) is 0 Å². The van der Waals surface area contributed by atoms with Crippen molar-refractivity contribution in [3.05, 3.63) is 35.6 Å². The molecule has 0 N–H and O–H groups in total. The summed E-state index contributed by atoms with van der Waals surface area (Å²) in [4.78, 5) is 0. The van der Waals surface area contributed by atoms with Gasteiger partial charge in [0.15, 0.2) is 0 Å². The maximum atomic E-state index is 4.05. The van der Waals surface area contributed by atoms with Gasteiger partial charge in [-0.15, -0.1) is 0 Å². The molecule has 0 unspecified atom stereocenters. The van der Waals surface area contributed by atoms with Crippen LogP contribution in [-0.2, 0) is 0 Å². The first-order valence-electron chi connectivity index (χ1n) is 4.16. The summed E-state index contributed by atoms with van der Waals surface area (Å²) in [6.45, 7) is 5.10. The van der Waals surface area contributed by atoms with E-state index < -0.39 is 0 Å². The predicted molar refractivity (Wildman–Crippen MR) is 48.8 cm³/mol. The van der Waals surface area contributed by atoms with Crippen LogP contribution in [0.2, 0.25) is 0 Å². The Morgan fingerprint density at radius 2 is 2.00 bits per heavy atom. The van der Waals surface area contributed by atoms with E-state index in [-0.39, 0.29) is 5.41 Å². The maximum absolute atomic E-state index is 4.05. The highest BCUT2D eigenvalue weighted by Gasteiger charge is 2.15. The molecule has 0 aromatic heterocycles. The zero-order valence-corrected chi connectivity index (χ0v) is 7.41. The first-order valence-corrected chi connectivity index (χ1v) is 4.16. The number of azo groups is 1. The second-order valence-corrected chi connectivity index (χ2v) is 3.80. The topological polar surface area (TPSA) is 24.7 Å². The largest absolute Gasteiger partial charge is 0.184 e. The summed E-state index contributed by atoms with van der Waals surface area (Å²) in [5.74, 6) is 0. The average molecular weight is 160 g/mol. The van der Waals surface area contributed by atoms with E-state index in [2.05, 4.69) is 48.4 Å². The van der Waals surface area contributed by atoms with Gasteiger partial charge in [0.1, 0.15) is 0 Å². The van der Waals surface area contributed by atoms with Crippen molar-refractivity contribution in [2.45, 2.75) is 13.8 Å². The predicted octanol–water partition coefficient (Wildman–Crippen LogP) is 2.86. The summed E-state index contributed by atoms with van der Waals surface area (Å²) in [6, 6.07) is 0. The second-order valence-electron chi connectivity index (χ2n) is 3.80. The number of nitrogens with zero attached hydrogens (tertiary/aromatic N) is 2. The van der Waals surface area contributed by atoms with Crippen LogP contribution in [0.5, 0.6) is 0 Å². The zero-order chi connectivity index (χ0) is 8.60. The Kier molecular flexibility index (Phi) is 1.50. The molecule has 1 aliphatic carbocycles. The molecule has 1 heterocycles. The molecule has 2 rings (SSSR count). The Bertz CT molecular complexity index is 317. The van der Waals surface area contributed by atoms with Gasteiger partial charge in [0.2, 0.25) is 0 Å². The molecule has 0 saturated carbocycles. The highest BCUT2D eigenvalue weighted by atomic mass is 15.1. The van der Waals surface area contributed by atoms with Crippen LogP contribution in [-0.4, -0.2) is 6.54 Å². The lowest BCUT2D eigenvalue weighted by molar-refractivity contribution is 0.626. The van der Waals surface area contributed by atoms with Crippen LogP contribution in [0.4, 0.5) is 0 Å². The first-order chi connectivity index (χ1) is 5.67. The van der Waals surface area contributed by atoms with E-state index in [1.807, 2.05) is 0 Å². The average Bonchev–Trinajstić information content (AvgIpc) is 2.40. The number of allylic oxidation sites excluding steroid dienone is 3. The molecular formula is C10H12N2. The van der Waals surface area contributed by atoms with E-state index in [1.165, 1.54) is 5.57 Å². The standard InChI is InChI=1S/C10H12N2/c1-10(2)5-3-8-7-11-12-9(8)4-6-10/h3-6H,7H2,1-2H3. The summed E-state index contributed by atoms with van der Waals surface area (Å²) in [5, 5.41) is 8.02. The van der Waals surface area contributed by atoms with Crippen LogP contribution in [0.1, 0.15) is 13.8 Å². The molecule has 0 bridgehead atoms. The van der Waals surface area contributed by atoms with Crippen LogP contribution < -0.4 is 0 Å². The number of hydrogen-bond acceptors (Lipinski definition) is 2. The van der Waals surface area contributed by atoms with E-state index >= 15 is 0 Å². The third-order valence-corrected chi connectivity index (χ3v) is 2.13. The van der Waals surface area contributed by atoms with Crippen molar-refractivity contribution in [3.8, 4) is 0 Å². The molecule has 0 amide bonds. The molecule has 0 atom stereocenters. The van der Waals surface area contributed by atoms with Gasteiger partial charge < -0.3 is 0 Å². The lowest BCUT2D eigenvalue weighted by atomic mass is 9.93. The summed E-state index contributed by atoms with van der Waals surface area (Å²) in [7, 11) is 0. The van der Waals surface area contributed by atoms with Crippen LogP contribution in [0.25, 0.3) is 0 Å². The van der Waals surface area contributed by atoms with Gasteiger partial charge in [0.05, 0.1) is 12.2 Å². The molecule has 1 aliphatic heterocycles. The van der Waals surface area contributed by atoms with Crippen molar-refractivity contribution in [3.63, 3.8) is 0 Å². The smallest absolute Gasteiger partial charge is 0.0901 e. The molecule has 0 radical (unpaired) electrons. The minimum Gasteiger partial charge on any atom is -0.184 e. The first kappa shape index (κ1) is 7.47. The molecule has 2 nitrogen and oxygen atoms in total. The van der Waals surface area contributed by atoms with Crippen molar-refractivity contribution in [2.24, 2.45) is 15.6 Å². The van der Waals surface area contributed by atoms with Crippen molar-refractivity contribution in [2.75, 3.05) is 6.54 Å². The lowest BCUT2D eigenvalue weighted by Crippen LogP contribution is -2.00. The van der Waals surface area contributed by atoms with Crippen LogP contribution in [0.3, 0.4) is 0 Å².